The van der Waals surface area contributed by atoms with E-state index in [1.807, 2.05) is 25.1 Å². The van der Waals surface area contributed by atoms with Crippen molar-refractivity contribution in [1.29, 1.82) is 0 Å². The van der Waals surface area contributed by atoms with Crippen molar-refractivity contribution in [3.05, 3.63) is 72.3 Å². The monoisotopic (exact) mass is 364 g/mol. The van der Waals surface area contributed by atoms with Gasteiger partial charge in [-0.2, -0.15) is 0 Å². The van der Waals surface area contributed by atoms with Crippen LogP contribution in [-0.2, 0) is 6.54 Å². The Hall–Kier alpha value is -3.35. The average Bonchev–Trinajstić information content (AvgIpc) is 2.87. The van der Waals surface area contributed by atoms with Crippen LogP contribution in [0.2, 0.25) is 0 Å². The molecule has 3 heterocycles. The predicted octanol–water partition coefficient (Wildman–Crippen LogP) is 3.10. The first-order valence-electron chi connectivity index (χ1n) is 8.56. The number of halogens is 1. The molecule has 1 atom stereocenters. The predicted molar refractivity (Wildman–Crippen MR) is 96.5 cm³/mol. The van der Waals surface area contributed by atoms with Crippen LogP contribution in [0.3, 0.4) is 0 Å². The maximum atomic E-state index is 14.0. The van der Waals surface area contributed by atoms with Crippen molar-refractivity contribution in [1.82, 2.24) is 19.9 Å². The van der Waals surface area contributed by atoms with Gasteiger partial charge in [0.1, 0.15) is 18.7 Å². The molecule has 0 spiro atoms. The van der Waals surface area contributed by atoms with Gasteiger partial charge in [-0.25, -0.2) is 19.3 Å². The molecule has 2 aromatic heterocycles. The van der Waals surface area contributed by atoms with Gasteiger partial charge in [0.05, 0.1) is 12.6 Å². The Bertz CT molecular complexity index is 981. The molecule has 136 valence electrons. The second kappa shape index (κ2) is 7.11. The van der Waals surface area contributed by atoms with Crippen LogP contribution < -0.4 is 4.74 Å². The van der Waals surface area contributed by atoms with Gasteiger partial charge in [-0.15, -0.1) is 0 Å². The number of fused-ring (bicyclic) bond motifs is 1. The minimum absolute atomic E-state index is 0.180. The zero-order valence-corrected chi connectivity index (χ0v) is 14.7. The first kappa shape index (κ1) is 17.1. The molecule has 0 saturated heterocycles. The number of carbonyl (C=O) groups excluding carboxylic acids is 1. The minimum Gasteiger partial charge on any atom is -0.491 e. The summed E-state index contributed by atoms with van der Waals surface area (Å²) in [6, 6.07) is 8.22. The molecule has 1 aromatic carbocycles. The van der Waals surface area contributed by atoms with Gasteiger partial charge in [-0.3, -0.25) is 4.79 Å². The Kier molecular flexibility index (Phi) is 4.50. The highest BCUT2D eigenvalue weighted by atomic mass is 19.1. The molecule has 0 unspecified atom stereocenters. The van der Waals surface area contributed by atoms with E-state index in [0.29, 0.717) is 18.9 Å². The van der Waals surface area contributed by atoms with E-state index in [1.54, 1.807) is 17.3 Å². The van der Waals surface area contributed by atoms with Crippen LogP contribution in [-0.4, -0.2) is 38.4 Å². The normalized spacial score (nSPS) is 16.2. The van der Waals surface area contributed by atoms with E-state index in [0.717, 1.165) is 16.7 Å². The van der Waals surface area contributed by atoms with Gasteiger partial charge in [-0.05, 0) is 36.8 Å². The molecule has 1 aliphatic heterocycles. The lowest BCUT2D eigenvalue weighted by Crippen LogP contribution is -2.40. The number of aromatic nitrogens is 3. The molecular formula is C20H17FN4O2. The Morgan fingerprint density at radius 3 is 2.81 bits per heavy atom. The summed E-state index contributed by atoms with van der Waals surface area (Å²) in [6.45, 7) is 2.49. The number of nitrogens with zero attached hydrogens (tertiary/aromatic N) is 4. The lowest BCUT2D eigenvalue weighted by Gasteiger charge is -2.26. The standard InChI is InChI=1S/C20H17FN4O2/c1-13-11-27-18-5-4-14(16-8-22-12-23-9-16)7-15(18)10-25(13)20(26)19-17(21)3-2-6-24-19/h2-9,12-13H,10-11H2,1H3/t13-/m0/s1. The molecule has 0 radical (unpaired) electrons. The quantitative estimate of drug-likeness (QED) is 0.699. The fourth-order valence-corrected chi connectivity index (χ4v) is 3.06. The fourth-order valence-electron chi connectivity index (χ4n) is 3.06. The van der Waals surface area contributed by atoms with Crippen molar-refractivity contribution in [3.8, 4) is 16.9 Å². The Labute approximate surface area is 155 Å². The van der Waals surface area contributed by atoms with Crippen molar-refractivity contribution in [2.24, 2.45) is 0 Å². The number of pyridine rings is 1. The summed E-state index contributed by atoms with van der Waals surface area (Å²) < 4.78 is 19.9. The van der Waals surface area contributed by atoms with Gasteiger partial charge in [0.15, 0.2) is 11.5 Å². The lowest BCUT2D eigenvalue weighted by atomic mass is 10.0. The third-order valence-corrected chi connectivity index (χ3v) is 4.53. The second-order valence-corrected chi connectivity index (χ2v) is 6.38. The summed E-state index contributed by atoms with van der Waals surface area (Å²) in [6.07, 6.45) is 6.33. The van der Waals surface area contributed by atoms with Crippen molar-refractivity contribution in [2.75, 3.05) is 6.61 Å². The second-order valence-electron chi connectivity index (χ2n) is 6.38. The van der Waals surface area contributed by atoms with Crippen molar-refractivity contribution >= 4 is 5.91 Å². The highest BCUT2D eigenvalue weighted by Crippen LogP contribution is 2.30. The molecule has 3 aromatic rings. The summed E-state index contributed by atoms with van der Waals surface area (Å²) in [7, 11) is 0. The van der Waals surface area contributed by atoms with E-state index >= 15 is 0 Å². The molecule has 4 rings (SSSR count). The molecule has 0 N–H and O–H groups in total. The van der Waals surface area contributed by atoms with Crippen LogP contribution in [0.5, 0.6) is 5.75 Å². The van der Waals surface area contributed by atoms with Crippen LogP contribution in [0.4, 0.5) is 4.39 Å². The molecule has 0 aliphatic carbocycles. The third kappa shape index (κ3) is 3.36. The Balaban J connectivity index is 1.69. The topological polar surface area (TPSA) is 68.2 Å². The molecule has 7 heteroatoms. The highest BCUT2D eigenvalue weighted by Gasteiger charge is 2.29. The zero-order chi connectivity index (χ0) is 18.8. The maximum absolute atomic E-state index is 14.0. The Morgan fingerprint density at radius 2 is 2.04 bits per heavy atom. The van der Waals surface area contributed by atoms with E-state index in [-0.39, 0.29) is 11.7 Å². The summed E-state index contributed by atoms with van der Waals surface area (Å²) in [4.78, 5) is 26.5. The van der Waals surface area contributed by atoms with Crippen LogP contribution >= 0.6 is 0 Å². The van der Waals surface area contributed by atoms with Crippen LogP contribution in [0, 0.1) is 5.82 Å². The summed E-state index contributed by atoms with van der Waals surface area (Å²) >= 11 is 0. The molecule has 0 saturated carbocycles. The number of hydrogen-bond acceptors (Lipinski definition) is 5. The summed E-state index contributed by atoms with van der Waals surface area (Å²) in [5.41, 5.74) is 2.45. The van der Waals surface area contributed by atoms with Crippen molar-refractivity contribution < 1.29 is 13.9 Å². The van der Waals surface area contributed by atoms with Gasteiger partial charge in [-0.1, -0.05) is 6.07 Å². The Morgan fingerprint density at radius 1 is 1.22 bits per heavy atom. The van der Waals surface area contributed by atoms with E-state index in [2.05, 4.69) is 15.0 Å². The molecule has 0 bridgehead atoms. The minimum atomic E-state index is -0.629. The van der Waals surface area contributed by atoms with Crippen LogP contribution in [0.25, 0.3) is 11.1 Å². The first-order chi connectivity index (χ1) is 13.1. The van der Waals surface area contributed by atoms with E-state index < -0.39 is 11.7 Å². The first-order valence-corrected chi connectivity index (χ1v) is 8.56. The fraction of sp³-hybridized carbons (Fsp3) is 0.200. The highest BCUT2D eigenvalue weighted by molar-refractivity contribution is 5.92. The van der Waals surface area contributed by atoms with E-state index in [9.17, 15) is 9.18 Å². The maximum Gasteiger partial charge on any atom is 0.276 e. The number of hydrogen-bond donors (Lipinski definition) is 0. The van der Waals surface area contributed by atoms with Crippen molar-refractivity contribution in [3.63, 3.8) is 0 Å². The van der Waals surface area contributed by atoms with Gasteiger partial charge in [0, 0.05) is 29.7 Å². The van der Waals surface area contributed by atoms with E-state index in [4.69, 9.17) is 4.74 Å². The van der Waals surface area contributed by atoms with E-state index in [1.165, 1.54) is 24.7 Å². The zero-order valence-electron chi connectivity index (χ0n) is 14.7. The number of amides is 1. The smallest absolute Gasteiger partial charge is 0.276 e. The van der Waals surface area contributed by atoms with Gasteiger partial charge >= 0.3 is 0 Å². The molecule has 0 fully saturated rings. The van der Waals surface area contributed by atoms with Gasteiger partial charge in [0.25, 0.3) is 5.91 Å². The number of ether oxygens (including phenoxy) is 1. The third-order valence-electron chi connectivity index (χ3n) is 4.53. The molecule has 1 amide bonds. The summed E-state index contributed by atoms with van der Waals surface area (Å²) in [5.74, 6) is -0.375. The van der Waals surface area contributed by atoms with Crippen LogP contribution in [0.1, 0.15) is 23.0 Å². The lowest BCUT2D eigenvalue weighted by molar-refractivity contribution is 0.0634. The molecule has 6 nitrogen and oxygen atoms in total. The number of benzene rings is 1. The molecule has 27 heavy (non-hydrogen) atoms. The number of rotatable bonds is 2. The SMILES string of the molecule is C[C@H]1COc2ccc(-c3cncnc3)cc2CN1C(=O)c1ncccc1F. The largest absolute Gasteiger partial charge is 0.491 e. The van der Waals surface area contributed by atoms with Crippen LogP contribution in [0.15, 0.2) is 55.2 Å². The van der Waals surface area contributed by atoms with Gasteiger partial charge in [0.2, 0.25) is 0 Å². The van der Waals surface area contributed by atoms with Gasteiger partial charge < -0.3 is 9.64 Å². The average molecular weight is 364 g/mol. The molecular weight excluding hydrogens is 347 g/mol. The summed E-state index contributed by atoms with van der Waals surface area (Å²) in [5, 5.41) is 0. The molecule has 1 aliphatic rings. The van der Waals surface area contributed by atoms with Crippen molar-refractivity contribution in [2.45, 2.75) is 19.5 Å². The number of carbonyl (C=O) groups is 1.